The van der Waals surface area contributed by atoms with Crippen molar-refractivity contribution < 1.29 is 23.3 Å². The van der Waals surface area contributed by atoms with Gasteiger partial charge in [-0.1, -0.05) is 38.1 Å². The van der Waals surface area contributed by atoms with Crippen LogP contribution in [0.4, 0.5) is 8.78 Å². The largest absolute Gasteiger partial charge is 0.304 e. The molecular formula is C24H26F2O3. The maximum atomic E-state index is 13.6. The molecule has 1 spiro atoms. The standard InChI is InChI=1S/C24H26F2O3/c1-15-11-17-13-16(2)23(20(12-15)14-17)27-24(29-28-23,18-3-7-21(25)8-4-18)19-5-9-22(26)10-6-19/h3-10,15-17,20H,11-14H2,1-2H3. The van der Waals surface area contributed by atoms with Crippen LogP contribution in [0.5, 0.6) is 0 Å². The summed E-state index contributed by atoms with van der Waals surface area (Å²) in [5.74, 6) is -1.23. The molecule has 2 aromatic rings. The number of ether oxygens (including phenoxy) is 1. The van der Waals surface area contributed by atoms with Crippen LogP contribution in [0.15, 0.2) is 48.5 Å². The number of hydrogen-bond donors (Lipinski definition) is 0. The minimum atomic E-state index is -1.36. The van der Waals surface area contributed by atoms with Gasteiger partial charge in [0.15, 0.2) is 0 Å². The lowest BCUT2D eigenvalue weighted by atomic mass is 9.62. The van der Waals surface area contributed by atoms with Crippen LogP contribution in [-0.2, 0) is 20.3 Å². The molecule has 5 rings (SSSR count). The van der Waals surface area contributed by atoms with E-state index < -0.39 is 11.6 Å². The Balaban J connectivity index is 1.60. The van der Waals surface area contributed by atoms with E-state index in [2.05, 4.69) is 13.8 Å². The van der Waals surface area contributed by atoms with E-state index in [0.29, 0.717) is 23.0 Å². The third kappa shape index (κ3) is 3.02. The zero-order valence-corrected chi connectivity index (χ0v) is 16.7. The molecule has 1 saturated heterocycles. The summed E-state index contributed by atoms with van der Waals surface area (Å²) in [6.45, 7) is 4.44. The molecule has 29 heavy (non-hydrogen) atoms. The number of rotatable bonds is 2. The van der Waals surface area contributed by atoms with E-state index in [-0.39, 0.29) is 23.5 Å². The van der Waals surface area contributed by atoms with Crippen LogP contribution in [0.1, 0.15) is 50.7 Å². The second-order valence-electron chi connectivity index (χ2n) is 9.13. The Kier molecular flexibility index (Phi) is 4.53. The highest BCUT2D eigenvalue weighted by molar-refractivity contribution is 5.35. The van der Waals surface area contributed by atoms with Crippen LogP contribution in [-0.4, -0.2) is 5.79 Å². The highest BCUT2D eigenvalue weighted by Crippen LogP contribution is 2.59. The molecule has 5 atom stereocenters. The van der Waals surface area contributed by atoms with E-state index in [4.69, 9.17) is 14.5 Å². The summed E-state index contributed by atoms with van der Waals surface area (Å²) in [6.07, 6.45) is 4.35. The molecule has 154 valence electrons. The fourth-order valence-corrected chi connectivity index (χ4v) is 5.77. The van der Waals surface area contributed by atoms with Gasteiger partial charge in [0.1, 0.15) is 11.6 Å². The van der Waals surface area contributed by atoms with Crippen molar-refractivity contribution in [3.05, 3.63) is 71.3 Å². The first-order chi connectivity index (χ1) is 13.9. The van der Waals surface area contributed by atoms with Crippen LogP contribution in [0.2, 0.25) is 0 Å². The fraction of sp³-hybridized carbons (Fsp3) is 0.500. The molecule has 1 heterocycles. The van der Waals surface area contributed by atoms with Gasteiger partial charge in [-0.25, -0.2) is 8.78 Å². The Bertz CT molecular complexity index is 833. The first-order valence-corrected chi connectivity index (χ1v) is 10.5. The van der Waals surface area contributed by atoms with Crippen LogP contribution in [0, 0.1) is 35.3 Å². The molecular weight excluding hydrogens is 374 g/mol. The number of benzene rings is 2. The third-order valence-corrected chi connectivity index (χ3v) is 7.02. The van der Waals surface area contributed by atoms with Gasteiger partial charge in [-0.15, -0.1) is 0 Å². The molecule has 5 heteroatoms. The molecule has 0 aromatic heterocycles. The molecule has 5 unspecified atom stereocenters. The molecule has 2 saturated carbocycles. The molecule has 3 aliphatic rings. The Hall–Kier alpha value is -1.82. The topological polar surface area (TPSA) is 27.7 Å². The summed E-state index contributed by atoms with van der Waals surface area (Å²) < 4.78 is 34.0. The lowest BCUT2D eigenvalue weighted by Crippen LogP contribution is -2.53. The Labute approximate surface area is 169 Å². The SMILES string of the molecule is CC1CC2CC(C)C3(OOC(c4ccc(F)cc4)(c4ccc(F)cc4)O3)C(C1)C2. The van der Waals surface area contributed by atoms with Crippen molar-refractivity contribution in [2.75, 3.05) is 0 Å². The zero-order valence-electron chi connectivity index (χ0n) is 16.7. The fourth-order valence-electron chi connectivity index (χ4n) is 5.77. The van der Waals surface area contributed by atoms with Crippen molar-refractivity contribution >= 4 is 0 Å². The van der Waals surface area contributed by atoms with Gasteiger partial charge in [-0.05, 0) is 61.8 Å². The van der Waals surface area contributed by atoms with Crippen LogP contribution in [0.25, 0.3) is 0 Å². The lowest BCUT2D eigenvalue weighted by Gasteiger charge is -2.50. The first kappa shape index (κ1) is 19.2. The van der Waals surface area contributed by atoms with Crippen molar-refractivity contribution in [2.24, 2.45) is 23.7 Å². The van der Waals surface area contributed by atoms with E-state index >= 15 is 0 Å². The highest BCUT2D eigenvalue weighted by atomic mass is 19.1. The molecule has 0 amide bonds. The van der Waals surface area contributed by atoms with E-state index in [0.717, 1.165) is 19.3 Å². The van der Waals surface area contributed by atoms with Gasteiger partial charge in [-0.2, -0.15) is 9.78 Å². The zero-order chi connectivity index (χ0) is 20.2. The van der Waals surface area contributed by atoms with E-state index in [1.165, 1.54) is 30.7 Å². The summed E-state index contributed by atoms with van der Waals surface area (Å²) in [5.41, 5.74) is 1.25. The van der Waals surface area contributed by atoms with Gasteiger partial charge in [-0.3, -0.25) is 0 Å². The summed E-state index contributed by atoms with van der Waals surface area (Å²) in [7, 11) is 0. The second kappa shape index (κ2) is 6.86. The van der Waals surface area contributed by atoms with Crippen molar-refractivity contribution in [2.45, 2.75) is 51.1 Å². The first-order valence-electron chi connectivity index (χ1n) is 10.5. The monoisotopic (exact) mass is 400 g/mol. The Morgan fingerprint density at radius 1 is 0.759 bits per heavy atom. The molecule has 3 fully saturated rings. The number of hydrogen-bond acceptors (Lipinski definition) is 3. The quantitative estimate of drug-likeness (QED) is 0.585. The van der Waals surface area contributed by atoms with Gasteiger partial charge >= 0.3 is 0 Å². The van der Waals surface area contributed by atoms with Gasteiger partial charge in [0.25, 0.3) is 5.79 Å². The molecule has 0 radical (unpaired) electrons. The van der Waals surface area contributed by atoms with Crippen molar-refractivity contribution in [3.8, 4) is 0 Å². The third-order valence-electron chi connectivity index (χ3n) is 7.02. The van der Waals surface area contributed by atoms with Crippen molar-refractivity contribution in [1.29, 1.82) is 0 Å². The Morgan fingerprint density at radius 3 is 1.93 bits per heavy atom. The molecule has 1 aliphatic heterocycles. The smallest absolute Gasteiger partial charge is 0.256 e. The number of fused-ring (bicyclic) bond motifs is 3. The average molecular weight is 400 g/mol. The maximum Gasteiger partial charge on any atom is 0.256 e. The summed E-state index contributed by atoms with van der Waals surface area (Å²) in [5, 5.41) is 0. The second-order valence-corrected chi connectivity index (χ2v) is 9.13. The molecule has 3 nitrogen and oxygen atoms in total. The molecule has 2 aliphatic carbocycles. The predicted octanol–water partition coefficient (Wildman–Crippen LogP) is 5.93. The molecule has 2 bridgehead atoms. The van der Waals surface area contributed by atoms with Gasteiger partial charge < -0.3 is 4.74 Å². The highest BCUT2D eigenvalue weighted by Gasteiger charge is 2.63. The van der Waals surface area contributed by atoms with E-state index in [9.17, 15) is 8.78 Å². The predicted molar refractivity (Wildman–Crippen MR) is 103 cm³/mol. The summed E-state index contributed by atoms with van der Waals surface area (Å²) in [6, 6.07) is 12.1. The van der Waals surface area contributed by atoms with Crippen molar-refractivity contribution in [1.82, 2.24) is 0 Å². The average Bonchev–Trinajstić information content (AvgIpc) is 3.11. The van der Waals surface area contributed by atoms with Crippen LogP contribution in [0.3, 0.4) is 0 Å². The summed E-state index contributed by atoms with van der Waals surface area (Å²) >= 11 is 0. The Morgan fingerprint density at radius 2 is 1.34 bits per heavy atom. The van der Waals surface area contributed by atoms with Gasteiger partial charge in [0, 0.05) is 23.0 Å². The van der Waals surface area contributed by atoms with Gasteiger partial charge in [0.2, 0.25) is 5.79 Å². The maximum absolute atomic E-state index is 13.6. The summed E-state index contributed by atoms with van der Waals surface area (Å²) in [4.78, 5) is 12.1. The van der Waals surface area contributed by atoms with E-state index in [1.54, 1.807) is 24.3 Å². The van der Waals surface area contributed by atoms with Crippen LogP contribution < -0.4 is 0 Å². The normalized spacial score (nSPS) is 35.7. The van der Waals surface area contributed by atoms with E-state index in [1.807, 2.05) is 0 Å². The lowest BCUT2D eigenvalue weighted by molar-refractivity contribution is -0.376. The minimum Gasteiger partial charge on any atom is -0.304 e. The minimum absolute atomic E-state index is 0.154. The van der Waals surface area contributed by atoms with Gasteiger partial charge in [0.05, 0.1) is 0 Å². The van der Waals surface area contributed by atoms with Crippen LogP contribution >= 0.6 is 0 Å². The molecule has 0 N–H and O–H groups in total. The number of halogens is 2. The van der Waals surface area contributed by atoms with Crippen molar-refractivity contribution in [3.63, 3.8) is 0 Å². The molecule has 2 aromatic carbocycles.